The second-order valence-corrected chi connectivity index (χ2v) is 11.9. The van der Waals surface area contributed by atoms with Crippen molar-refractivity contribution in [2.75, 3.05) is 0 Å². The van der Waals surface area contributed by atoms with Crippen molar-refractivity contribution in [3.8, 4) is 0 Å². The summed E-state index contributed by atoms with van der Waals surface area (Å²) in [4.78, 5) is 0. The molecule has 1 aliphatic rings. The van der Waals surface area contributed by atoms with Gasteiger partial charge in [-0.1, -0.05) is 124 Å². The summed E-state index contributed by atoms with van der Waals surface area (Å²) in [6.45, 7) is 0. The smallest absolute Gasteiger partial charge is 0.00262 e. The Balaban J connectivity index is 1.56. The average Bonchev–Trinajstić information content (AvgIpc) is 3.46. The van der Waals surface area contributed by atoms with Crippen molar-refractivity contribution < 1.29 is 0 Å². The van der Waals surface area contributed by atoms with E-state index < -0.39 is 0 Å². The fourth-order valence-electron chi connectivity index (χ4n) is 8.08. The zero-order valence-electron chi connectivity index (χ0n) is 22.4. The van der Waals surface area contributed by atoms with Crippen molar-refractivity contribution in [2.24, 2.45) is 0 Å². The van der Waals surface area contributed by atoms with Gasteiger partial charge in [0.15, 0.2) is 0 Å². The van der Waals surface area contributed by atoms with Crippen molar-refractivity contribution >= 4 is 64.6 Å². The van der Waals surface area contributed by atoms with Gasteiger partial charge in [-0.05, 0) is 101 Å². The first-order valence-corrected chi connectivity index (χ1v) is 15.2. The predicted octanol–water partition coefficient (Wildman–Crippen LogP) is 11.5. The van der Waals surface area contributed by atoms with E-state index in [2.05, 4.69) is 72.8 Å². The maximum absolute atomic E-state index is 2.42. The second-order valence-electron chi connectivity index (χ2n) is 11.9. The van der Waals surface area contributed by atoms with E-state index in [1.165, 1.54) is 120 Å². The van der Waals surface area contributed by atoms with Crippen LogP contribution in [0.1, 0.15) is 75.3 Å². The molecular formula is C38H36. The first-order chi connectivity index (χ1) is 18.9. The molecule has 8 rings (SSSR count). The molecule has 0 spiro atoms. The maximum Gasteiger partial charge on any atom is -0.00262 e. The minimum Gasteiger partial charge on any atom is -0.0610 e. The minimum absolute atomic E-state index is 1.18. The van der Waals surface area contributed by atoms with Gasteiger partial charge in [-0.15, -0.1) is 0 Å². The van der Waals surface area contributed by atoms with Crippen molar-refractivity contribution in [3.63, 3.8) is 0 Å². The summed E-state index contributed by atoms with van der Waals surface area (Å²) in [5.41, 5.74) is 3.25. The van der Waals surface area contributed by atoms with Gasteiger partial charge in [0, 0.05) is 0 Å². The third kappa shape index (κ3) is 3.29. The van der Waals surface area contributed by atoms with Crippen LogP contribution in [0.25, 0.3) is 64.6 Å². The molecule has 0 radical (unpaired) electrons. The summed E-state index contributed by atoms with van der Waals surface area (Å²) < 4.78 is 0. The molecule has 0 aliphatic heterocycles. The topological polar surface area (TPSA) is 0 Å². The van der Waals surface area contributed by atoms with Gasteiger partial charge < -0.3 is 0 Å². The van der Waals surface area contributed by atoms with Crippen molar-refractivity contribution in [1.82, 2.24) is 0 Å². The second kappa shape index (κ2) is 9.12. The highest BCUT2D eigenvalue weighted by Gasteiger charge is 2.25. The van der Waals surface area contributed by atoms with E-state index in [4.69, 9.17) is 0 Å². The number of hydrogen-bond acceptors (Lipinski definition) is 0. The molecule has 7 aromatic rings. The number of fused-ring (bicyclic) bond motifs is 5. The van der Waals surface area contributed by atoms with Crippen LogP contribution < -0.4 is 0 Å². The summed E-state index contributed by atoms with van der Waals surface area (Å²) in [5, 5.41) is 18.0. The lowest BCUT2D eigenvalue weighted by molar-refractivity contribution is 0.551. The highest BCUT2D eigenvalue weighted by molar-refractivity contribution is 6.40. The maximum atomic E-state index is 2.42. The predicted molar refractivity (Wildman–Crippen MR) is 167 cm³/mol. The van der Waals surface area contributed by atoms with Crippen LogP contribution in [0.5, 0.6) is 0 Å². The Bertz CT molecular complexity index is 1660. The third-order valence-corrected chi connectivity index (χ3v) is 9.70. The quantitative estimate of drug-likeness (QED) is 0.197. The fourth-order valence-corrected chi connectivity index (χ4v) is 8.08. The Labute approximate surface area is 225 Å². The summed E-state index contributed by atoms with van der Waals surface area (Å²) in [6.07, 6.45) is 16.1. The molecule has 0 heterocycles. The number of rotatable bonds is 0. The lowest BCUT2D eigenvalue weighted by Crippen LogP contribution is -1.96. The molecule has 7 aromatic carbocycles. The van der Waals surface area contributed by atoms with E-state index in [9.17, 15) is 0 Å². The largest absolute Gasteiger partial charge is 0.0610 e. The number of hydrogen-bond donors (Lipinski definition) is 0. The fraction of sp³-hybridized carbons (Fsp3) is 0.316. The molecule has 38 heavy (non-hydrogen) atoms. The average molecular weight is 493 g/mol. The minimum atomic E-state index is 1.18. The summed E-state index contributed by atoms with van der Waals surface area (Å²) in [6, 6.07) is 28.1. The van der Waals surface area contributed by atoms with Gasteiger partial charge in [0.25, 0.3) is 0 Å². The lowest BCUT2D eigenvalue weighted by atomic mass is 9.88. The molecule has 0 aromatic heterocycles. The SMILES string of the molecule is c1cc2cccc3c4c5c6c7cccc8cccc(c6c(c4c(c1)c23)CCCCCCCCCCCC5)c87. The van der Waals surface area contributed by atoms with Crippen LogP contribution in [0.3, 0.4) is 0 Å². The van der Waals surface area contributed by atoms with Gasteiger partial charge in [-0.2, -0.15) is 0 Å². The van der Waals surface area contributed by atoms with E-state index in [0.717, 1.165) is 0 Å². The van der Waals surface area contributed by atoms with Crippen LogP contribution in [0, 0.1) is 0 Å². The molecule has 0 N–H and O–H groups in total. The molecular weight excluding hydrogens is 456 g/mol. The van der Waals surface area contributed by atoms with Gasteiger partial charge in [0.2, 0.25) is 0 Å². The highest BCUT2D eigenvalue weighted by atomic mass is 14.3. The van der Waals surface area contributed by atoms with E-state index in [1.54, 1.807) is 32.7 Å². The Kier molecular flexibility index (Phi) is 5.42. The molecule has 0 saturated heterocycles. The van der Waals surface area contributed by atoms with Gasteiger partial charge in [-0.3, -0.25) is 0 Å². The summed E-state index contributed by atoms with van der Waals surface area (Å²) in [7, 11) is 0. The monoisotopic (exact) mass is 492 g/mol. The normalized spacial score (nSPS) is 16.7. The van der Waals surface area contributed by atoms with Gasteiger partial charge in [-0.25, -0.2) is 0 Å². The van der Waals surface area contributed by atoms with Crippen molar-refractivity contribution in [1.29, 1.82) is 0 Å². The van der Waals surface area contributed by atoms with E-state index in [-0.39, 0.29) is 0 Å². The molecule has 0 nitrogen and oxygen atoms in total. The third-order valence-electron chi connectivity index (χ3n) is 9.70. The van der Waals surface area contributed by atoms with E-state index >= 15 is 0 Å². The first-order valence-electron chi connectivity index (χ1n) is 15.2. The standard InChI is InChI=1S/C38H36/c1-2-4-6-8-10-20-32-37-29-23-13-17-25-15-11-21-27(33(25)29)35(37)31(19-9-7-5-3-1)36-28-22-12-16-26-18-14-24-30(34(26)28)38(32)36/h11-18,21-24H,1-10,19-20H2. The molecule has 2 bridgehead atoms. The lowest BCUT2D eigenvalue weighted by Gasteiger charge is -2.15. The number of benzene rings is 5. The zero-order chi connectivity index (χ0) is 25.1. The molecule has 0 atom stereocenters. The van der Waals surface area contributed by atoms with Crippen LogP contribution in [0.15, 0.2) is 72.8 Å². The molecule has 0 amide bonds. The molecule has 0 fully saturated rings. The number of aryl methyl sites for hydroxylation is 2. The Morgan fingerprint density at radius 1 is 0.289 bits per heavy atom. The molecule has 0 heteroatoms. The van der Waals surface area contributed by atoms with Crippen LogP contribution in [0.2, 0.25) is 0 Å². The van der Waals surface area contributed by atoms with Crippen LogP contribution >= 0.6 is 0 Å². The van der Waals surface area contributed by atoms with Crippen LogP contribution in [-0.2, 0) is 12.8 Å². The van der Waals surface area contributed by atoms with Gasteiger partial charge in [0.05, 0.1) is 0 Å². The van der Waals surface area contributed by atoms with Crippen LogP contribution in [0.4, 0.5) is 0 Å². The van der Waals surface area contributed by atoms with Crippen molar-refractivity contribution in [3.05, 3.63) is 83.9 Å². The molecule has 188 valence electrons. The molecule has 1 aliphatic carbocycles. The zero-order valence-corrected chi connectivity index (χ0v) is 22.4. The molecule has 0 unspecified atom stereocenters. The Hall–Kier alpha value is -3.38. The summed E-state index contributed by atoms with van der Waals surface area (Å²) in [5.74, 6) is 0. The van der Waals surface area contributed by atoms with Gasteiger partial charge in [0.1, 0.15) is 0 Å². The molecule has 0 saturated carbocycles. The van der Waals surface area contributed by atoms with E-state index in [0.29, 0.717) is 0 Å². The van der Waals surface area contributed by atoms with Gasteiger partial charge >= 0.3 is 0 Å². The van der Waals surface area contributed by atoms with E-state index in [1.807, 2.05) is 0 Å². The first kappa shape index (κ1) is 22.6. The summed E-state index contributed by atoms with van der Waals surface area (Å²) >= 11 is 0. The van der Waals surface area contributed by atoms with Crippen LogP contribution in [-0.4, -0.2) is 0 Å². The Morgan fingerprint density at radius 2 is 0.579 bits per heavy atom. The Morgan fingerprint density at radius 3 is 0.895 bits per heavy atom. The highest BCUT2D eigenvalue weighted by Crippen LogP contribution is 2.50. The van der Waals surface area contributed by atoms with Crippen molar-refractivity contribution in [2.45, 2.75) is 77.0 Å².